The van der Waals surface area contributed by atoms with Gasteiger partial charge in [0.1, 0.15) is 23.0 Å². The maximum atomic E-state index is 13.8. The predicted molar refractivity (Wildman–Crippen MR) is 97.2 cm³/mol. The van der Waals surface area contributed by atoms with Crippen LogP contribution < -0.4 is 15.8 Å². The summed E-state index contributed by atoms with van der Waals surface area (Å²) in [5.74, 6) is 1.29. The Morgan fingerprint density at radius 2 is 1.96 bits per heavy atom. The molecule has 4 heterocycles. The van der Waals surface area contributed by atoms with Crippen molar-refractivity contribution in [1.29, 1.82) is 0 Å². The van der Waals surface area contributed by atoms with Crippen LogP contribution >= 0.6 is 0 Å². The molecule has 4 rings (SSSR count). The Labute approximate surface area is 153 Å². The SMILES string of the molecule is COc1ccc(Nc2nc3ccc(F)cn3c2-c2nc(C)nc(N)n2)cn1. The van der Waals surface area contributed by atoms with Crippen LogP contribution in [0.15, 0.2) is 36.7 Å². The number of aromatic nitrogens is 6. The van der Waals surface area contributed by atoms with Crippen LogP contribution in [0.4, 0.5) is 21.8 Å². The highest BCUT2D eigenvalue weighted by Crippen LogP contribution is 2.29. The molecule has 0 radical (unpaired) electrons. The molecule has 0 spiro atoms. The second-order valence-electron chi connectivity index (χ2n) is 5.66. The van der Waals surface area contributed by atoms with Gasteiger partial charge in [0.25, 0.3) is 0 Å². The number of nitrogens with zero attached hydrogens (tertiary/aromatic N) is 6. The van der Waals surface area contributed by atoms with Gasteiger partial charge in [0.2, 0.25) is 11.8 Å². The van der Waals surface area contributed by atoms with E-state index in [4.69, 9.17) is 10.5 Å². The smallest absolute Gasteiger partial charge is 0.223 e. The summed E-state index contributed by atoms with van der Waals surface area (Å²) in [6.45, 7) is 1.70. The maximum absolute atomic E-state index is 13.8. The second kappa shape index (κ2) is 6.48. The van der Waals surface area contributed by atoms with Crippen molar-refractivity contribution in [1.82, 2.24) is 29.3 Å². The Hall–Kier alpha value is -3.82. The molecule has 0 fully saturated rings. The van der Waals surface area contributed by atoms with Crippen molar-refractivity contribution in [3.05, 3.63) is 48.3 Å². The average molecular weight is 366 g/mol. The molecule has 0 atom stereocenters. The summed E-state index contributed by atoms with van der Waals surface area (Å²) in [4.78, 5) is 21.2. The molecule has 0 bridgehead atoms. The van der Waals surface area contributed by atoms with Gasteiger partial charge in [-0.15, -0.1) is 0 Å². The van der Waals surface area contributed by atoms with Crippen molar-refractivity contribution in [2.45, 2.75) is 6.92 Å². The minimum Gasteiger partial charge on any atom is -0.481 e. The monoisotopic (exact) mass is 366 g/mol. The van der Waals surface area contributed by atoms with E-state index in [1.54, 1.807) is 35.7 Å². The van der Waals surface area contributed by atoms with Crippen molar-refractivity contribution >= 4 is 23.1 Å². The second-order valence-corrected chi connectivity index (χ2v) is 5.66. The van der Waals surface area contributed by atoms with E-state index >= 15 is 0 Å². The quantitative estimate of drug-likeness (QED) is 0.565. The lowest BCUT2D eigenvalue weighted by Gasteiger charge is -2.08. The molecule has 27 heavy (non-hydrogen) atoms. The number of nitrogens with one attached hydrogen (secondary N) is 1. The number of nitrogen functional groups attached to an aromatic ring is 1. The fraction of sp³-hybridized carbons (Fsp3) is 0.118. The first kappa shape index (κ1) is 16.6. The zero-order valence-electron chi connectivity index (χ0n) is 14.5. The van der Waals surface area contributed by atoms with Gasteiger partial charge in [-0.1, -0.05) is 0 Å². The third-order valence-electron chi connectivity index (χ3n) is 3.77. The van der Waals surface area contributed by atoms with Crippen LogP contribution in [0.5, 0.6) is 5.88 Å². The largest absolute Gasteiger partial charge is 0.481 e. The van der Waals surface area contributed by atoms with Crippen LogP contribution in [0.2, 0.25) is 0 Å². The lowest BCUT2D eigenvalue weighted by molar-refractivity contribution is 0.398. The minimum atomic E-state index is -0.419. The number of hydrogen-bond donors (Lipinski definition) is 2. The number of aryl methyl sites for hydroxylation is 1. The van der Waals surface area contributed by atoms with E-state index in [2.05, 4.69) is 30.2 Å². The number of anilines is 3. The third-order valence-corrected chi connectivity index (χ3v) is 3.77. The number of hydrogen-bond acceptors (Lipinski definition) is 8. The van der Waals surface area contributed by atoms with Crippen molar-refractivity contribution < 1.29 is 9.13 Å². The van der Waals surface area contributed by atoms with Gasteiger partial charge < -0.3 is 15.8 Å². The molecule has 4 aromatic heterocycles. The number of nitrogens with two attached hydrogens (primary N) is 1. The number of halogens is 1. The van der Waals surface area contributed by atoms with Gasteiger partial charge in [0, 0.05) is 12.3 Å². The first-order chi connectivity index (χ1) is 13.0. The molecule has 9 nitrogen and oxygen atoms in total. The highest BCUT2D eigenvalue weighted by Gasteiger charge is 2.19. The molecule has 0 saturated carbocycles. The number of pyridine rings is 2. The number of methoxy groups -OCH3 is 1. The van der Waals surface area contributed by atoms with E-state index in [1.807, 2.05) is 0 Å². The molecule has 0 aliphatic heterocycles. The van der Waals surface area contributed by atoms with E-state index < -0.39 is 5.82 Å². The van der Waals surface area contributed by atoms with E-state index in [-0.39, 0.29) is 11.8 Å². The summed E-state index contributed by atoms with van der Waals surface area (Å²) in [5, 5.41) is 3.16. The standard InChI is InChI=1S/C17H15FN8O/c1-9-21-15(25-17(19)22-9)14-16(23-11-4-6-13(27-2)20-7-11)24-12-5-3-10(18)8-26(12)14/h3-8,23H,1-2H3,(H2,19,21,22,25). The molecule has 0 aliphatic carbocycles. The Morgan fingerprint density at radius 1 is 1.11 bits per heavy atom. The summed E-state index contributed by atoms with van der Waals surface area (Å²) in [5.41, 5.74) is 7.41. The van der Waals surface area contributed by atoms with Crippen LogP contribution in [0.25, 0.3) is 17.2 Å². The molecule has 0 saturated heterocycles. The molecule has 136 valence electrons. The molecule has 0 aromatic carbocycles. The van der Waals surface area contributed by atoms with Gasteiger partial charge in [-0.2, -0.15) is 9.97 Å². The van der Waals surface area contributed by atoms with E-state index in [1.165, 1.54) is 19.4 Å². The lowest BCUT2D eigenvalue weighted by atomic mass is 10.3. The number of fused-ring (bicyclic) bond motifs is 1. The fourth-order valence-electron chi connectivity index (χ4n) is 2.64. The summed E-state index contributed by atoms with van der Waals surface area (Å²) in [6, 6.07) is 6.39. The Morgan fingerprint density at radius 3 is 2.67 bits per heavy atom. The van der Waals surface area contributed by atoms with Gasteiger partial charge in [0.15, 0.2) is 11.6 Å². The molecule has 4 aromatic rings. The lowest BCUT2D eigenvalue weighted by Crippen LogP contribution is -2.05. The van der Waals surface area contributed by atoms with E-state index in [9.17, 15) is 4.39 Å². The number of ether oxygens (including phenoxy) is 1. The topological polar surface area (TPSA) is 116 Å². The van der Waals surface area contributed by atoms with Crippen molar-refractivity contribution in [2.24, 2.45) is 0 Å². The normalized spacial score (nSPS) is 10.9. The Balaban J connectivity index is 1.88. The summed E-state index contributed by atoms with van der Waals surface area (Å²) in [6.07, 6.45) is 2.91. The molecular formula is C17H15FN8O. The highest BCUT2D eigenvalue weighted by atomic mass is 19.1. The third kappa shape index (κ3) is 3.19. The molecule has 0 unspecified atom stereocenters. The zero-order valence-corrected chi connectivity index (χ0v) is 14.5. The maximum Gasteiger partial charge on any atom is 0.223 e. The van der Waals surface area contributed by atoms with E-state index in [0.29, 0.717) is 34.6 Å². The Kier molecular flexibility index (Phi) is 3.99. The summed E-state index contributed by atoms with van der Waals surface area (Å²) < 4.78 is 20.5. The molecule has 0 amide bonds. The van der Waals surface area contributed by atoms with Gasteiger partial charge in [0.05, 0.1) is 19.0 Å². The zero-order chi connectivity index (χ0) is 19.0. The number of imidazole rings is 1. The van der Waals surface area contributed by atoms with Crippen molar-refractivity contribution in [3.8, 4) is 17.4 Å². The summed E-state index contributed by atoms with van der Waals surface area (Å²) in [7, 11) is 1.54. The number of rotatable bonds is 4. The first-order valence-corrected chi connectivity index (χ1v) is 7.96. The van der Waals surface area contributed by atoms with Crippen LogP contribution in [-0.2, 0) is 0 Å². The van der Waals surface area contributed by atoms with E-state index in [0.717, 1.165) is 0 Å². The average Bonchev–Trinajstić information content (AvgIpc) is 2.98. The predicted octanol–water partition coefficient (Wildman–Crippen LogP) is 2.36. The fourth-order valence-corrected chi connectivity index (χ4v) is 2.64. The van der Waals surface area contributed by atoms with Gasteiger partial charge in [-0.05, 0) is 25.1 Å². The molecule has 10 heteroatoms. The van der Waals surface area contributed by atoms with Gasteiger partial charge in [-0.25, -0.2) is 19.3 Å². The van der Waals surface area contributed by atoms with Gasteiger partial charge in [-0.3, -0.25) is 4.40 Å². The van der Waals surface area contributed by atoms with Gasteiger partial charge >= 0.3 is 0 Å². The minimum absolute atomic E-state index is 0.0703. The van der Waals surface area contributed by atoms with Crippen molar-refractivity contribution in [2.75, 3.05) is 18.2 Å². The molecule has 3 N–H and O–H groups in total. The molecule has 0 aliphatic rings. The summed E-state index contributed by atoms with van der Waals surface area (Å²) >= 11 is 0. The van der Waals surface area contributed by atoms with Crippen LogP contribution in [0.3, 0.4) is 0 Å². The van der Waals surface area contributed by atoms with Crippen molar-refractivity contribution in [3.63, 3.8) is 0 Å². The first-order valence-electron chi connectivity index (χ1n) is 7.96. The van der Waals surface area contributed by atoms with Crippen LogP contribution in [0.1, 0.15) is 5.82 Å². The van der Waals surface area contributed by atoms with Crippen LogP contribution in [-0.4, -0.2) is 36.4 Å². The highest BCUT2D eigenvalue weighted by molar-refractivity contribution is 5.76. The van der Waals surface area contributed by atoms with Crippen LogP contribution in [0, 0.1) is 12.7 Å². The Bertz CT molecular complexity index is 1110. The molecular weight excluding hydrogens is 351 g/mol.